The van der Waals surface area contributed by atoms with Crippen molar-refractivity contribution >= 4 is 23.2 Å². The Morgan fingerprint density at radius 3 is 2.33 bits per heavy atom. The summed E-state index contributed by atoms with van der Waals surface area (Å²) in [7, 11) is 1.72. The van der Waals surface area contributed by atoms with Gasteiger partial charge < -0.3 is 4.74 Å². The topological polar surface area (TPSA) is 27.7 Å². The van der Waals surface area contributed by atoms with E-state index in [1.165, 1.54) is 0 Å². The number of aryl methyl sites for hydroxylation is 1. The average molecular weight is 369 g/mol. The Balaban J connectivity index is 1.62. The Morgan fingerprint density at radius 1 is 1.12 bits per heavy atom. The van der Waals surface area contributed by atoms with Crippen molar-refractivity contribution in [2.75, 3.05) is 7.11 Å². The van der Waals surface area contributed by atoms with Crippen LogP contribution in [0, 0.1) is 24.7 Å². The number of rotatable bonds is 2. The predicted octanol–water partition coefficient (Wildman–Crippen LogP) is 4.97. The van der Waals surface area contributed by atoms with Crippen LogP contribution in [0.4, 0.5) is 0 Å². The number of hydrogen-bond donors (Lipinski definition) is 0. The first-order valence-electron chi connectivity index (χ1n) is 8.80. The van der Waals surface area contributed by atoms with Gasteiger partial charge >= 0.3 is 0 Å². The van der Waals surface area contributed by atoms with Crippen LogP contribution < -0.4 is 0 Å². The lowest BCUT2D eigenvalue weighted by atomic mass is 9.46. The van der Waals surface area contributed by atoms with Gasteiger partial charge in [0.05, 0.1) is 0 Å². The maximum atomic E-state index is 6.91. The second-order valence-corrected chi connectivity index (χ2v) is 9.45. The van der Waals surface area contributed by atoms with Crippen molar-refractivity contribution < 1.29 is 14.5 Å². The van der Waals surface area contributed by atoms with E-state index >= 15 is 0 Å². The Hall–Kier alpha value is -0.320. The van der Waals surface area contributed by atoms with Gasteiger partial charge in [-0.3, -0.25) is 0 Å². The molecule has 24 heavy (non-hydrogen) atoms. The van der Waals surface area contributed by atoms with Gasteiger partial charge in [0, 0.05) is 22.6 Å². The van der Waals surface area contributed by atoms with Crippen LogP contribution in [-0.4, -0.2) is 17.6 Å². The first-order chi connectivity index (χ1) is 11.4. The lowest BCUT2D eigenvalue weighted by molar-refractivity contribution is -0.645. The highest BCUT2D eigenvalue weighted by Gasteiger charge is 2.78. The maximum absolute atomic E-state index is 6.91. The molecule has 1 aromatic rings. The van der Waals surface area contributed by atoms with Crippen LogP contribution in [0.1, 0.15) is 43.2 Å². The van der Waals surface area contributed by atoms with Crippen LogP contribution in [0.2, 0.25) is 5.02 Å². The van der Waals surface area contributed by atoms with Crippen LogP contribution >= 0.6 is 23.2 Å². The SMILES string of the molecule is COC1(c2ccc(Cl)c(C)c2)OOC12C1CC3CC2CC(Cl)(C3)C1. The van der Waals surface area contributed by atoms with Gasteiger partial charge in [-0.1, -0.05) is 17.7 Å². The van der Waals surface area contributed by atoms with Crippen molar-refractivity contribution in [2.45, 2.75) is 55.3 Å². The minimum Gasteiger partial charge on any atom is -0.345 e. The fourth-order valence-electron chi connectivity index (χ4n) is 6.19. The summed E-state index contributed by atoms with van der Waals surface area (Å²) in [5.41, 5.74) is 1.60. The molecule has 4 aliphatic carbocycles. The summed E-state index contributed by atoms with van der Waals surface area (Å²) in [6, 6.07) is 5.99. The van der Waals surface area contributed by atoms with E-state index in [0.29, 0.717) is 11.8 Å². The van der Waals surface area contributed by atoms with Gasteiger partial charge in [0.15, 0.2) is 5.60 Å². The number of alkyl halides is 1. The molecule has 5 fully saturated rings. The summed E-state index contributed by atoms with van der Waals surface area (Å²) in [4.78, 5) is 11.7. The molecular weight excluding hydrogens is 347 g/mol. The van der Waals surface area contributed by atoms with Gasteiger partial charge in [0.25, 0.3) is 5.79 Å². The summed E-state index contributed by atoms with van der Waals surface area (Å²) in [6.45, 7) is 2.01. The van der Waals surface area contributed by atoms with Crippen LogP contribution in [0.5, 0.6) is 0 Å². The van der Waals surface area contributed by atoms with E-state index in [9.17, 15) is 0 Å². The molecule has 5 heteroatoms. The van der Waals surface area contributed by atoms with Gasteiger partial charge in [0.1, 0.15) is 0 Å². The molecule has 0 N–H and O–H groups in total. The smallest absolute Gasteiger partial charge is 0.260 e. The molecule has 1 saturated heterocycles. The molecule has 130 valence electrons. The Kier molecular flexibility index (Phi) is 3.24. The molecule has 0 radical (unpaired) electrons. The van der Waals surface area contributed by atoms with Crippen molar-refractivity contribution in [3.05, 3.63) is 34.3 Å². The fraction of sp³-hybridized carbons (Fsp3) is 0.684. The van der Waals surface area contributed by atoms with E-state index < -0.39 is 11.4 Å². The lowest BCUT2D eigenvalue weighted by Gasteiger charge is -2.70. The molecule has 4 bridgehead atoms. The monoisotopic (exact) mass is 368 g/mol. The van der Waals surface area contributed by atoms with Gasteiger partial charge in [0.2, 0.25) is 0 Å². The first kappa shape index (κ1) is 15.9. The third-order valence-corrected chi connectivity index (χ3v) is 7.85. The second kappa shape index (κ2) is 4.89. The molecule has 5 aliphatic rings. The van der Waals surface area contributed by atoms with Crippen molar-refractivity contribution in [3.8, 4) is 0 Å². The van der Waals surface area contributed by atoms with Crippen LogP contribution in [0.3, 0.4) is 0 Å². The summed E-state index contributed by atoms with van der Waals surface area (Å²) >= 11 is 13.1. The molecule has 4 saturated carbocycles. The second-order valence-electron chi connectivity index (χ2n) is 8.24. The molecule has 1 heterocycles. The number of ether oxygens (including phenoxy) is 1. The van der Waals surface area contributed by atoms with Crippen LogP contribution in [0.15, 0.2) is 18.2 Å². The van der Waals surface area contributed by atoms with Crippen molar-refractivity contribution in [2.24, 2.45) is 17.8 Å². The van der Waals surface area contributed by atoms with E-state index in [4.69, 9.17) is 37.7 Å². The normalized spacial score (nSPS) is 48.8. The summed E-state index contributed by atoms with van der Waals surface area (Å²) in [6.07, 6.45) is 5.45. The molecule has 0 amide bonds. The molecule has 0 aromatic heterocycles. The quantitative estimate of drug-likeness (QED) is 0.544. The molecule has 1 aromatic carbocycles. The maximum Gasteiger partial charge on any atom is 0.260 e. The van der Waals surface area contributed by atoms with E-state index in [1.54, 1.807) is 7.11 Å². The third kappa shape index (κ3) is 1.76. The highest BCUT2D eigenvalue weighted by molar-refractivity contribution is 6.31. The average Bonchev–Trinajstić information content (AvgIpc) is 2.49. The van der Waals surface area contributed by atoms with Gasteiger partial charge in [-0.05, 0) is 74.5 Å². The Bertz CT molecular complexity index is 686. The lowest BCUT2D eigenvalue weighted by Crippen LogP contribution is -2.78. The zero-order chi connectivity index (χ0) is 16.7. The van der Waals surface area contributed by atoms with Crippen molar-refractivity contribution in [3.63, 3.8) is 0 Å². The largest absolute Gasteiger partial charge is 0.345 e. The van der Waals surface area contributed by atoms with Crippen molar-refractivity contribution in [1.29, 1.82) is 0 Å². The minimum atomic E-state index is -0.849. The molecular formula is C19H22Cl2O3. The first-order valence-corrected chi connectivity index (χ1v) is 9.55. The van der Waals surface area contributed by atoms with Crippen LogP contribution in [-0.2, 0) is 20.3 Å². The van der Waals surface area contributed by atoms with E-state index in [-0.39, 0.29) is 4.87 Å². The van der Waals surface area contributed by atoms with Gasteiger partial charge in [-0.2, -0.15) is 4.89 Å². The summed E-state index contributed by atoms with van der Waals surface area (Å²) in [5, 5.41) is 0.754. The fourth-order valence-corrected chi connectivity index (χ4v) is 6.90. The molecule has 3 unspecified atom stereocenters. The Morgan fingerprint density at radius 2 is 1.83 bits per heavy atom. The predicted molar refractivity (Wildman–Crippen MR) is 91.9 cm³/mol. The van der Waals surface area contributed by atoms with E-state index in [1.807, 2.05) is 19.1 Å². The summed E-state index contributed by atoms with van der Waals surface area (Å²) < 4.78 is 6.03. The zero-order valence-electron chi connectivity index (χ0n) is 14.0. The van der Waals surface area contributed by atoms with Crippen LogP contribution in [0.25, 0.3) is 0 Å². The molecule has 3 nitrogen and oxygen atoms in total. The molecule has 1 aliphatic heterocycles. The number of methoxy groups -OCH3 is 1. The number of benzene rings is 1. The number of halogens is 2. The molecule has 1 spiro atoms. The zero-order valence-corrected chi connectivity index (χ0v) is 15.5. The highest BCUT2D eigenvalue weighted by atomic mass is 35.5. The van der Waals surface area contributed by atoms with Gasteiger partial charge in [-0.25, -0.2) is 4.89 Å². The molecule has 6 rings (SSSR count). The van der Waals surface area contributed by atoms with E-state index in [2.05, 4.69) is 6.07 Å². The standard InChI is InChI=1S/C19H22Cl2O3/c1-11-5-13(3-4-16(11)20)19(22-2)18(23-24-19)14-6-12-7-15(18)10-17(21,8-12)9-14/h3-5,12,14-15H,6-10H2,1-2H3. The number of hydrogen-bond acceptors (Lipinski definition) is 3. The Labute approximate surface area is 152 Å². The van der Waals surface area contributed by atoms with Gasteiger partial charge in [-0.15, -0.1) is 11.6 Å². The van der Waals surface area contributed by atoms with Crippen molar-refractivity contribution in [1.82, 2.24) is 0 Å². The molecule has 3 atom stereocenters. The third-order valence-electron chi connectivity index (χ3n) is 6.96. The van der Waals surface area contributed by atoms with E-state index in [0.717, 1.165) is 54.2 Å². The highest BCUT2D eigenvalue weighted by Crippen LogP contribution is 2.71. The minimum absolute atomic E-state index is 0.0455. The summed E-state index contributed by atoms with van der Waals surface area (Å²) in [5.74, 6) is 0.631.